The van der Waals surface area contributed by atoms with Crippen molar-refractivity contribution in [2.75, 3.05) is 27.1 Å². The third kappa shape index (κ3) is 4.10. The molecule has 0 aliphatic carbocycles. The highest BCUT2D eigenvalue weighted by Crippen LogP contribution is 2.38. The van der Waals surface area contributed by atoms with Gasteiger partial charge in [0.05, 0.1) is 17.7 Å². The summed E-state index contributed by atoms with van der Waals surface area (Å²) in [5.74, 6) is 0.0124. The van der Waals surface area contributed by atoms with Crippen LogP contribution in [0.25, 0.3) is 0 Å². The Hall–Kier alpha value is -1.12. The first-order valence-corrected chi connectivity index (χ1v) is 9.15. The van der Waals surface area contributed by atoms with Gasteiger partial charge in [-0.3, -0.25) is 0 Å². The molecule has 8 heteroatoms. The Kier molecular flexibility index (Phi) is 7.06. The zero-order chi connectivity index (χ0) is 17.7. The first-order chi connectivity index (χ1) is 11.5. The monoisotopic (exact) mass is 373 g/mol. The molecule has 0 spiro atoms. The third-order valence-corrected chi connectivity index (χ3v) is 5.58. The number of rotatable bonds is 5. The molecule has 1 aromatic carbocycles. The molecule has 1 saturated heterocycles. The van der Waals surface area contributed by atoms with Gasteiger partial charge < -0.3 is 18.8 Å². The van der Waals surface area contributed by atoms with E-state index in [1.54, 1.807) is 12.1 Å². The van der Waals surface area contributed by atoms with Crippen molar-refractivity contribution in [3.8, 4) is 0 Å². The standard InChI is InChI=1S/C16H20ClNO5S/c1-21-15(19)11-8-7-10(16(22-2)23-3)13(17)14(11)18-12-6-4-5-9-24(12)20/h7-8,16H,4-6,9H2,1-3H3. The maximum Gasteiger partial charge on any atom is 0.340 e. The number of methoxy groups -OCH3 is 3. The molecule has 0 saturated carbocycles. The summed E-state index contributed by atoms with van der Waals surface area (Å²) in [4.78, 5) is 16.5. The van der Waals surface area contributed by atoms with Gasteiger partial charge in [0, 0.05) is 37.4 Å². The minimum Gasteiger partial charge on any atom is -0.610 e. The lowest BCUT2D eigenvalue weighted by molar-refractivity contribution is -0.105. The zero-order valence-corrected chi connectivity index (χ0v) is 15.4. The van der Waals surface area contributed by atoms with Gasteiger partial charge in [-0.1, -0.05) is 17.7 Å². The SMILES string of the molecule is COC(=O)c1ccc(C(OC)OC)c(Cl)c1N=C1CCCC[S+]1[O-]. The quantitative estimate of drug-likeness (QED) is 0.449. The molecule has 24 heavy (non-hydrogen) atoms. The van der Waals surface area contributed by atoms with Gasteiger partial charge in [-0.25, -0.2) is 9.79 Å². The Morgan fingerprint density at radius 1 is 1.29 bits per heavy atom. The molecule has 0 N–H and O–H groups in total. The average molecular weight is 374 g/mol. The predicted molar refractivity (Wildman–Crippen MR) is 93.5 cm³/mol. The molecule has 1 unspecified atom stereocenters. The number of hydrogen-bond acceptors (Lipinski definition) is 6. The Balaban J connectivity index is 2.57. The van der Waals surface area contributed by atoms with E-state index in [0.717, 1.165) is 12.8 Å². The highest BCUT2D eigenvalue weighted by atomic mass is 35.5. The molecular formula is C16H20ClNO5S. The largest absolute Gasteiger partial charge is 0.610 e. The number of carbonyl (C=O) groups excluding carboxylic acids is 1. The summed E-state index contributed by atoms with van der Waals surface area (Å²) in [5, 5.41) is 0.763. The van der Waals surface area contributed by atoms with Crippen LogP contribution in [-0.2, 0) is 25.4 Å². The second-order valence-corrected chi connectivity index (χ2v) is 7.12. The van der Waals surface area contributed by atoms with Crippen LogP contribution in [0.3, 0.4) is 0 Å². The summed E-state index contributed by atoms with van der Waals surface area (Å²) in [7, 11) is 4.26. The molecule has 6 nitrogen and oxygen atoms in total. The summed E-state index contributed by atoms with van der Waals surface area (Å²) < 4.78 is 27.4. The van der Waals surface area contributed by atoms with Crippen LogP contribution < -0.4 is 0 Å². The second-order valence-electron chi connectivity index (χ2n) is 5.17. The van der Waals surface area contributed by atoms with Gasteiger partial charge in [0.25, 0.3) is 0 Å². The zero-order valence-electron chi connectivity index (χ0n) is 13.8. The van der Waals surface area contributed by atoms with E-state index in [1.165, 1.54) is 21.3 Å². The van der Waals surface area contributed by atoms with Crippen molar-refractivity contribution in [3.05, 3.63) is 28.3 Å². The molecule has 1 atom stereocenters. The number of benzene rings is 1. The Bertz CT molecular complexity index is 633. The van der Waals surface area contributed by atoms with E-state index in [-0.39, 0.29) is 16.3 Å². The molecule has 0 bridgehead atoms. The van der Waals surface area contributed by atoms with E-state index in [2.05, 4.69) is 4.99 Å². The van der Waals surface area contributed by atoms with Crippen LogP contribution in [0, 0.1) is 0 Å². The van der Waals surface area contributed by atoms with Crippen molar-refractivity contribution >= 4 is 39.5 Å². The Labute approximate surface area is 149 Å². The minimum absolute atomic E-state index is 0.215. The minimum atomic E-state index is -1.15. The van der Waals surface area contributed by atoms with Crippen molar-refractivity contribution < 1.29 is 23.6 Å². The van der Waals surface area contributed by atoms with Gasteiger partial charge in [-0.15, -0.1) is 0 Å². The summed E-state index contributed by atoms with van der Waals surface area (Å²) in [5.41, 5.74) is 0.993. The Morgan fingerprint density at radius 2 is 2.00 bits per heavy atom. The summed E-state index contributed by atoms with van der Waals surface area (Å²) in [6.45, 7) is 0. The van der Waals surface area contributed by atoms with Crippen molar-refractivity contribution in [2.24, 2.45) is 4.99 Å². The van der Waals surface area contributed by atoms with Crippen molar-refractivity contribution in [2.45, 2.75) is 25.6 Å². The van der Waals surface area contributed by atoms with E-state index in [9.17, 15) is 9.35 Å². The van der Waals surface area contributed by atoms with Gasteiger partial charge in [0.1, 0.15) is 11.4 Å². The number of aliphatic imine (C=N–C) groups is 1. The molecule has 1 fully saturated rings. The number of nitrogens with zero attached hydrogens (tertiary/aromatic N) is 1. The fourth-order valence-electron chi connectivity index (χ4n) is 2.47. The molecule has 0 aromatic heterocycles. The van der Waals surface area contributed by atoms with E-state index in [0.29, 0.717) is 22.8 Å². The molecule has 1 aromatic rings. The second kappa shape index (κ2) is 8.82. The normalized spacial score (nSPS) is 19.8. The number of halogens is 1. The van der Waals surface area contributed by atoms with E-state index < -0.39 is 23.4 Å². The van der Waals surface area contributed by atoms with Crippen molar-refractivity contribution in [1.82, 2.24) is 0 Å². The fraction of sp³-hybridized carbons (Fsp3) is 0.500. The lowest BCUT2D eigenvalue weighted by Crippen LogP contribution is -2.23. The smallest absolute Gasteiger partial charge is 0.340 e. The lowest BCUT2D eigenvalue weighted by atomic mass is 10.1. The molecule has 0 radical (unpaired) electrons. The molecule has 1 aliphatic heterocycles. The molecule has 2 rings (SSSR count). The number of carbonyl (C=O) groups is 1. The Morgan fingerprint density at radius 3 is 2.58 bits per heavy atom. The topological polar surface area (TPSA) is 80.2 Å². The van der Waals surface area contributed by atoms with Crippen molar-refractivity contribution in [1.29, 1.82) is 0 Å². The van der Waals surface area contributed by atoms with Crippen LogP contribution in [0.4, 0.5) is 5.69 Å². The maximum absolute atomic E-state index is 12.2. The maximum atomic E-state index is 12.2. The van der Waals surface area contributed by atoms with Gasteiger partial charge in [-0.2, -0.15) is 0 Å². The number of esters is 1. The van der Waals surface area contributed by atoms with Crippen LogP contribution >= 0.6 is 11.6 Å². The van der Waals surface area contributed by atoms with E-state index in [4.69, 9.17) is 25.8 Å². The predicted octanol–water partition coefficient (Wildman–Crippen LogP) is 3.38. The van der Waals surface area contributed by atoms with Crippen molar-refractivity contribution in [3.63, 3.8) is 0 Å². The molecule has 1 aliphatic rings. The van der Waals surface area contributed by atoms with Gasteiger partial charge in [0.15, 0.2) is 6.29 Å². The average Bonchev–Trinajstić information content (AvgIpc) is 2.60. The van der Waals surface area contributed by atoms with E-state index >= 15 is 0 Å². The fourth-order valence-corrected chi connectivity index (χ4v) is 4.03. The molecule has 132 valence electrons. The van der Waals surface area contributed by atoms with E-state index in [1.807, 2.05) is 0 Å². The molecular weight excluding hydrogens is 354 g/mol. The van der Waals surface area contributed by atoms with Gasteiger partial charge >= 0.3 is 5.97 Å². The number of ether oxygens (including phenoxy) is 3. The highest BCUT2D eigenvalue weighted by Gasteiger charge is 2.26. The summed E-state index contributed by atoms with van der Waals surface area (Å²) in [6, 6.07) is 3.19. The lowest BCUT2D eigenvalue weighted by Gasteiger charge is -2.20. The van der Waals surface area contributed by atoms with Crippen LogP contribution in [0.5, 0.6) is 0 Å². The number of hydrogen-bond donors (Lipinski definition) is 0. The van der Waals surface area contributed by atoms with Crippen LogP contribution in [0.1, 0.15) is 41.5 Å². The van der Waals surface area contributed by atoms with Gasteiger partial charge in [0.2, 0.25) is 5.04 Å². The van der Waals surface area contributed by atoms with Crippen LogP contribution in [0.2, 0.25) is 5.02 Å². The first-order valence-electron chi connectivity index (χ1n) is 7.45. The van der Waals surface area contributed by atoms with Gasteiger partial charge in [-0.05, 0) is 18.9 Å². The van der Waals surface area contributed by atoms with Crippen LogP contribution in [0.15, 0.2) is 17.1 Å². The molecule has 1 heterocycles. The summed E-state index contributed by atoms with van der Waals surface area (Å²) in [6.07, 6.45) is 1.73. The molecule has 0 amide bonds. The summed E-state index contributed by atoms with van der Waals surface area (Å²) >= 11 is 5.31. The third-order valence-electron chi connectivity index (χ3n) is 3.70. The van der Waals surface area contributed by atoms with Crippen LogP contribution in [-0.4, -0.2) is 42.6 Å². The first kappa shape index (κ1) is 19.2. The highest BCUT2D eigenvalue weighted by molar-refractivity contribution is 8.06.